The van der Waals surface area contributed by atoms with Crippen LogP contribution in [0.5, 0.6) is 11.5 Å². The molecule has 1 aromatic heterocycles. The molecule has 6 heteroatoms. The fourth-order valence-corrected chi connectivity index (χ4v) is 2.25. The van der Waals surface area contributed by atoms with Crippen LogP contribution in [-0.2, 0) is 6.54 Å². The van der Waals surface area contributed by atoms with Gasteiger partial charge in [-0.3, -0.25) is 0 Å². The molecule has 0 unspecified atom stereocenters. The highest BCUT2D eigenvalue weighted by Gasteiger charge is 2.13. The summed E-state index contributed by atoms with van der Waals surface area (Å²) in [6.07, 6.45) is 0. The Morgan fingerprint density at radius 3 is 2.73 bits per heavy atom. The molecule has 0 saturated carbocycles. The van der Waals surface area contributed by atoms with E-state index in [9.17, 15) is 5.26 Å². The zero-order chi connectivity index (χ0) is 15.5. The zero-order valence-corrected chi connectivity index (χ0v) is 12.5. The summed E-state index contributed by atoms with van der Waals surface area (Å²) in [5.74, 6) is 2.01. The third-order valence-electron chi connectivity index (χ3n) is 3.63. The van der Waals surface area contributed by atoms with Crippen molar-refractivity contribution in [3.05, 3.63) is 40.6 Å². The Morgan fingerprint density at radius 2 is 1.95 bits per heavy atom. The van der Waals surface area contributed by atoms with Gasteiger partial charge in [0.25, 0.3) is 0 Å². The van der Waals surface area contributed by atoms with Gasteiger partial charge in [0.1, 0.15) is 24.8 Å². The highest BCUT2D eigenvalue weighted by molar-refractivity contribution is 5.56. The molecule has 0 aliphatic carbocycles. The summed E-state index contributed by atoms with van der Waals surface area (Å²) in [5, 5.41) is 20.6. The first kappa shape index (κ1) is 14.1. The molecule has 6 nitrogen and oxygen atoms in total. The minimum atomic E-state index is 0.500. The van der Waals surface area contributed by atoms with Crippen LogP contribution >= 0.6 is 0 Å². The summed E-state index contributed by atoms with van der Waals surface area (Å²) < 4.78 is 11.1. The van der Waals surface area contributed by atoms with Crippen LogP contribution in [0.2, 0.25) is 0 Å². The van der Waals surface area contributed by atoms with Crippen LogP contribution in [0.1, 0.15) is 22.4 Å². The quantitative estimate of drug-likeness (QED) is 0.936. The molecule has 112 valence electrons. The minimum absolute atomic E-state index is 0.500. The lowest BCUT2D eigenvalue weighted by Crippen LogP contribution is -2.15. The smallest absolute Gasteiger partial charge is 0.167 e. The van der Waals surface area contributed by atoms with Crippen LogP contribution in [0.15, 0.2) is 18.2 Å². The number of aromatic nitrogens is 2. The molecule has 22 heavy (non-hydrogen) atoms. The summed E-state index contributed by atoms with van der Waals surface area (Å²) in [5.41, 5.74) is 3.17. The summed E-state index contributed by atoms with van der Waals surface area (Å²) in [6, 6.07) is 7.96. The van der Waals surface area contributed by atoms with E-state index in [4.69, 9.17) is 9.47 Å². The second-order valence-corrected chi connectivity index (χ2v) is 5.08. The minimum Gasteiger partial charge on any atom is -0.486 e. The zero-order valence-electron chi connectivity index (χ0n) is 12.5. The number of nitrogens with one attached hydrogen (secondary N) is 1. The normalized spacial score (nSPS) is 12.6. The molecule has 0 saturated heterocycles. The fraction of sp³-hybridized carbons (Fsp3) is 0.312. The van der Waals surface area contributed by atoms with Crippen LogP contribution in [0, 0.1) is 25.2 Å². The van der Waals surface area contributed by atoms with Crippen LogP contribution < -0.4 is 14.8 Å². The van der Waals surface area contributed by atoms with E-state index in [1.54, 1.807) is 0 Å². The Hall–Kier alpha value is -2.81. The van der Waals surface area contributed by atoms with Crippen molar-refractivity contribution in [2.24, 2.45) is 0 Å². The van der Waals surface area contributed by atoms with Crippen LogP contribution in [-0.4, -0.2) is 23.4 Å². The summed E-state index contributed by atoms with van der Waals surface area (Å²) in [7, 11) is 0. The number of aryl methyl sites for hydroxylation is 1. The molecule has 0 radical (unpaired) electrons. The van der Waals surface area contributed by atoms with Crippen LogP contribution in [0.3, 0.4) is 0 Å². The van der Waals surface area contributed by atoms with E-state index in [0.717, 1.165) is 28.3 Å². The Kier molecular flexibility index (Phi) is 3.79. The van der Waals surface area contributed by atoms with Gasteiger partial charge in [-0.1, -0.05) is 6.07 Å². The number of hydrogen-bond donors (Lipinski definition) is 1. The summed E-state index contributed by atoms with van der Waals surface area (Å²) in [4.78, 5) is 0. The molecule has 0 bridgehead atoms. The monoisotopic (exact) mass is 296 g/mol. The number of anilines is 1. The molecule has 0 amide bonds. The average molecular weight is 296 g/mol. The van der Waals surface area contributed by atoms with Crippen molar-refractivity contribution in [3.8, 4) is 17.6 Å². The molecule has 3 rings (SSSR count). The Morgan fingerprint density at radius 1 is 1.18 bits per heavy atom. The van der Waals surface area contributed by atoms with Gasteiger partial charge in [0.05, 0.1) is 5.69 Å². The van der Waals surface area contributed by atoms with E-state index in [1.165, 1.54) is 0 Å². The van der Waals surface area contributed by atoms with E-state index >= 15 is 0 Å². The molecule has 1 aromatic carbocycles. The van der Waals surface area contributed by atoms with Crippen LogP contribution in [0.25, 0.3) is 0 Å². The number of ether oxygens (including phenoxy) is 2. The van der Waals surface area contributed by atoms with Gasteiger partial charge in [0.15, 0.2) is 17.3 Å². The van der Waals surface area contributed by atoms with Crippen molar-refractivity contribution in [1.29, 1.82) is 5.26 Å². The van der Waals surface area contributed by atoms with Gasteiger partial charge in [-0.15, -0.1) is 5.10 Å². The van der Waals surface area contributed by atoms with E-state index in [0.29, 0.717) is 31.1 Å². The number of rotatable bonds is 3. The summed E-state index contributed by atoms with van der Waals surface area (Å²) >= 11 is 0. The van der Waals surface area contributed by atoms with Gasteiger partial charge >= 0.3 is 0 Å². The van der Waals surface area contributed by atoms with Crippen molar-refractivity contribution in [2.45, 2.75) is 20.4 Å². The lowest BCUT2D eigenvalue weighted by molar-refractivity contribution is 0.171. The van der Waals surface area contributed by atoms with E-state index in [2.05, 4.69) is 21.6 Å². The Bertz CT molecular complexity index is 753. The molecule has 1 aliphatic rings. The molecule has 0 spiro atoms. The fourth-order valence-electron chi connectivity index (χ4n) is 2.25. The average Bonchev–Trinajstić information content (AvgIpc) is 2.55. The van der Waals surface area contributed by atoms with Gasteiger partial charge in [-0.2, -0.15) is 10.4 Å². The SMILES string of the molecule is Cc1nnc(NCc2ccc3c(c2)OCCO3)c(C#N)c1C. The van der Waals surface area contributed by atoms with E-state index in [1.807, 2.05) is 32.0 Å². The lowest BCUT2D eigenvalue weighted by Gasteiger charge is -2.19. The number of nitriles is 1. The number of nitrogens with zero attached hydrogens (tertiary/aromatic N) is 3. The van der Waals surface area contributed by atoms with Gasteiger partial charge in [-0.25, -0.2) is 0 Å². The molecular formula is C16H16N4O2. The maximum absolute atomic E-state index is 9.28. The highest BCUT2D eigenvalue weighted by atomic mass is 16.6. The molecule has 2 heterocycles. The first-order valence-electron chi connectivity index (χ1n) is 7.05. The van der Waals surface area contributed by atoms with Crippen molar-refractivity contribution in [3.63, 3.8) is 0 Å². The predicted octanol–water partition coefficient (Wildman–Crippen LogP) is 2.35. The van der Waals surface area contributed by atoms with Crippen molar-refractivity contribution < 1.29 is 9.47 Å². The topological polar surface area (TPSA) is 80.1 Å². The molecule has 0 fully saturated rings. The van der Waals surface area contributed by atoms with Crippen molar-refractivity contribution in [2.75, 3.05) is 18.5 Å². The van der Waals surface area contributed by atoms with Crippen molar-refractivity contribution in [1.82, 2.24) is 10.2 Å². The largest absolute Gasteiger partial charge is 0.486 e. The molecule has 1 N–H and O–H groups in total. The first-order chi connectivity index (χ1) is 10.7. The van der Waals surface area contributed by atoms with Gasteiger partial charge < -0.3 is 14.8 Å². The van der Waals surface area contributed by atoms with Gasteiger partial charge in [0.2, 0.25) is 0 Å². The van der Waals surface area contributed by atoms with Crippen LogP contribution in [0.4, 0.5) is 5.82 Å². The molecule has 0 atom stereocenters. The Labute approximate surface area is 128 Å². The number of fused-ring (bicyclic) bond motifs is 1. The maximum Gasteiger partial charge on any atom is 0.167 e. The van der Waals surface area contributed by atoms with Gasteiger partial charge in [0, 0.05) is 6.54 Å². The predicted molar refractivity (Wildman–Crippen MR) is 81.0 cm³/mol. The first-order valence-corrected chi connectivity index (χ1v) is 7.05. The van der Waals surface area contributed by atoms with Crippen molar-refractivity contribution >= 4 is 5.82 Å². The molecule has 2 aromatic rings. The van der Waals surface area contributed by atoms with E-state index < -0.39 is 0 Å². The third-order valence-corrected chi connectivity index (χ3v) is 3.63. The standard InChI is InChI=1S/C16H16N4O2/c1-10-11(2)19-20-16(13(10)8-17)18-9-12-3-4-14-15(7-12)22-6-5-21-14/h3-4,7H,5-6,9H2,1-2H3,(H,18,20). The second-order valence-electron chi connectivity index (χ2n) is 5.08. The van der Waals surface area contributed by atoms with Gasteiger partial charge in [-0.05, 0) is 37.1 Å². The third kappa shape index (κ3) is 2.66. The lowest BCUT2D eigenvalue weighted by atomic mass is 10.1. The molecule has 1 aliphatic heterocycles. The summed E-state index contributed by atoms with van der Waals surface area (Å²) in [6.45, 7) is 5.38. The highest BCUT2D eigenvalue weighted by Crippen LogP contribution is 2.31. The molecular weight excluding hydrogens is 280 g/mol. The van der Waals surface area contributed by atoms with E-state index in [-0.39, 0.29) is 0 Å². The second kappa shape index (κ2) is 5.90. The number of hydrogen-bond acceptors (Lipinski definition) is 6. The maximum atomic E-state index is 9.28. The Balaban J connectivity index is 1.79. The number of benzene rings is 1.